The van der Waals surface area contributed by atoms with Gasteiger partial charge in [0.25, 0.3) is 0 Å². The Hall–Kier alpha value is -2.59. The van der Waals surface area contributed by atoms with E-state index >= 15 is 0 Å². The molecule has 1 aromatic carbocycles. The van der Waals surface area contributed by atoms with E-state index in [-0.39, 0.29) is 18.6 Å². The zero-order chi connectivity index (χ0) is 20.8. The van der Waals surface area contributed by atoms with E-state index in [1.54, 1.807) is 6.07 Å². The number of aryl methyl sites for hydroxylation is 1. The van der Waals surface area contributed by atoms with Crippen molar-refractivity contribution in [3.63, 3.8) is 0 Å². The molecule has 10 heteroatoms. The van der Waals surface area contributed by atoms with Crippen LogP contribution in [0.4, 0.5) is 14.7 Å². The van der Waals surface area contributed by atoms with Crippen molar-refractivity contribution in [1.82, 2.24) is 20.1 Å². The molecule has 0 spiro atoms. The van der Waals surface area contributed by atoms with Crippen LogP contribution in [0.3, 0.4) is 0 Å². The quantitative estimate of drug-likeness (QED) is 0.667. The highest BCUT2D eigenvalue weighted by atomic mass is 19.3. The number of rotatable bonds is 8. The summed E-state index contributed by atoms with van der Waals surface area (Å²) < 4.78 is 39.9. The first-order chi connectivity index (χ1) is 14.0. The van der Waals surface area contributed by atoms with Gasteiger partial charge in [0.15, 0.2) is 6.79 Å². The van der Waals surface area contributed by atoms with Crippen molar-refractivity contribution in [3.05, 3.63) is 23.9 Å². The summed E-state index contributed by atoms with van der Waals surface area (Å²) in [5.74, 6) is 0.732. The number of benzene rings is 1. The Morgan fingerprint density at radius 2 is 2.14 bits per heavy atom. The van der Waals surface area contributed by atoms with Gasteiger partial charge in [0, 0.05) is 31.3 Å². The number of aromatic nitrogens is 3. The van der Waals surface area contributed by atoms with Crippen LogP contribution in [0.15, 0.2) is 18.2 Å². The van der Waals surface area contributed by atoms with E-state index < -0.39 is 6.61 Å². The monoisotopic (exact) mass is 409 g/mol. The number of nitrogens with zero attached hydrogens (tertiary/aromatic N) is 4. The Morgan fingerprint density at radius 3 is 2.83 bits per heavy atom. The first-order valence-electron chi connectivity index (χ1n) is 9.33. The molecular formula is C19H25F2N5O3. The molecule has 0 saturated carbocycles. The molecule has 29 heavy (non-hydrogen) atoms. The Morgan fingerprint density at radius 1 is 1.31 bits per heavy atom. The Bertz CT molecular complexity index is 824. The van der Waals surface area contributed by atoms with E-state index in [2.05, 4.69) is 37.2 Å². The van der Waals surface area contributed by atoms with Crippen LogP contribution in [-0.4, -0.2) is 66.8 Å². The minimum Gasteiger partial charge on any atom is -0.467 e. The van der Waals surface area contributed by atoms with E-state index in [0.717, 1.165) is 25.9 Å². The van der Waals surface area contributed by atoms with Gasteiger partial charge in [0.2, 0.25) is 5.95 Å². The maximum absolute atomic E-state index is 12.5. The van der Waals surface area contributed by atoms with Crippen molar-refractivity contribution in [2.45, 2.75) is 32.4 Å². The predicted octanol–water partition coefficient (Wildman–Crippen LogP) is 2.94. The minimum atomic E-state index is -2.93. The number of anilines is 1. The second-order valence-electron chi connectivity index (χ2n) is 6.90. The lowest BCUT2D eigenvalue weighted by Gasteiger charge is -2.30. The molecule has 2 heterocycles. The number of methoxy groups -OCH3 is 1. The fourth-order valence-electron chi connectivity index (χ4n) is 3.30. The van der Waals surface area contributed by atoms with E-state index in [1.807, 2.05) is 6.92 Å². The number of ether oxygens (including phenoxy) is 3. The molecule has 1 aliphatic rings. The van der Waals surface area contributed by atoms with Gasteiger partial charge in [-0.15, -0.1) is 10.2 Å². The minimum absolute atomic E-state index is 0.0203. The van der Waals surface area contributed by atoms with Crippen molar-refractivity contribution in [3.8, 4) is 22.8 Å². The number of likely N-dealkylation sites (tertiary alicyclic amines) is 1. The Kier molecular flexibility index (Phi) is 7.10. The topological polar surface area (TPSA) is 81.6 Å². The number of alkyl halides is 2. The molecule has 2 aromatic rings. The third kappa shape index (κ3) is 5.70. The molecule has 1 atom stereocenters. The van der Waals surface area contributed by atoms with Crippen LogP contribution in [-0.2, 0) is 4.74 Å². The molecule has 0 aliphatic carbocycles. The van der Waals surface area contributed by atoms with Crippen LogP contribution in [0.5, 0.6) is 11.5 Å². The standard InChI is InChI=1S/C19H25F2N5O3/c1-12-17(24-25-19(22-12)23-13-5-4-8-26(2)10-13)15-7-6-14(29-18(20)21)9-16(15)28-11-27-3/h6-7,9,13,18H,4-5,8,10-11H2,1-3H3,(H,22,23,25)/t13-/m1/s1. The molecule has 0 radical (unpaired) electrons. The zero-order valence-corrected chi connectivity index (χ0v) is 16.7. The van der Waals surface area contributed by atoms with E-state index in [4.69, 9.17) is 9.47 Å². The molecule has 1 N–H and O–H groups in total. The predicted molar refractivity (Wildman–Crippen MR) is 103 cm³/mol. The molecular weight excluding hydrogens is 384 g/mol. The van der Waals surface area contributed by atoms with Crippen LogP contribution in [0.1, 0.15) is 18.5 Å². The van der Waals surface area contributed by atoms with Gasteiger partial charge >= 0.3 is 6.61 Å². The highest BCUT2D eigenvalue weighted by Crippen LogP contribution is 2.34. The third-order valence-corrected chi connectivity index (χ3v) is 4.58. The number of hydrogen-bond donors (Lipinski definition) is 1. The summed E-state index contributed by atoms with van der Waals surface area (Å²) in [5, 5.41) is 11.8. The van der Waals surface area contributed by atoms with Crippen molar-refractivity contribution in [2.75, 3.05) is 39.4 Å². The maximum Gasteiger partial charge on any atom is 0.387 e. The van der Waals surface area contributed by atoms with Crippen molar-refractivity contribution >= 4 is 5.95 Å². The van der Waals surface area contributed by atoms with Gasteiger partial charge in [-0.3, -0.25) is 0 Å². The number of hydrogen-bond acceptors (Lipinski definition) is 8. The molecule has 0 unspecified atom stereocenters. The zero-order valence-electron chi connectivity index (χ0n) is 16.7. The summed E-state index contributed by atoms with van der Waals surface area (Å²) in [4.78, 5) is 6.78. The average Bonchev–Trinajstić information content (AvgIpc) is 2.67. The van der Waals surface area contributed by atoms with Crippen molar-refractivity contribution in [1.29, 1.82) is 0 Å². The Balaban J connectivity index is 1.83. The second kappa shape index (κ2) is 9.75. The lowest BCUT2D eigenvalue weighted by Crippen LogP contribution is -2.40. The average molecular weight is 409 g/mol. The molecule has 1 fully saturated rings. The number of piperidine rings is 1. The summed E-state index contributed by atoms with van der Waals surface area (Å²) in [6.07, 6.45) is 2.17. The van der Waals surface area contributed by atoms with Gasteiger partial charge in [-0.25, -0.2) is 4.98 Å². The van der Waals surface area contributed by atoms with Crippen LogP contribution in [0.2, 0.25) is 0 Å². The molecule has 3 rings (SSSR count). The van der Waals surface area contributed by atoms with Crippen LogP contribution >= 0.6 is 0 Å². The van der Waals surface area contributed by atoms with E-state index in [0.29, 0.717) is 28.6 Å². The first-order valence-corrected chi connectivity index (χ1v) is 9.33. The van der Waals surface area contributed by atoms with Gasteiger partial charge in [-0.05, 0) is 45.5 Å². The van der Waals surface area contributed by atoms with E-state index in [1.165, 1.54) is 19.2 Å². The van der Waals surface area contributed by atoms with Gasteiger partial charge < -0.3 is 24.4 Å². The van der Waals surface area contributed by atoms with Gasteiger partial charge in [-0.2, -0.15) is 8.78 Å². The lowest BCUT2D eigenvalue weighted by molar-refractivity contribution is -0.0500. The molecule has 8 nitrogen and oxygen atoms in total. The number of nitrogens with one attached hydrogen (secondary N) is 1. The summed E-state index contributed by atoms with van der Waals surface area (Å²) >= 11 is 0. The van der Waals surface area contributed by atoms with Crippen molar-refractivity contribution in [2.24, 2.45) is 0 Å². The van der Waals surface area contributed by atoms with Crippen LogP contribution in [0.25, 0.3) is 11.3 Å². The van der Waals surface area contributed by atoms with Gasteiger partial charge in [0.1, 0.15) is 17.2 Å². The number of likely N-dealkylation sites (N-methyl/N-ethyl adjacent to an activating group) is 1. The van der Waals surface area contributed by atoms with E-state index in [9.17, 15) is 8.78 Å². The molecule has 0 bridgehead atoms. The normalized spacial score (nSPS) is 17.4. The summed E-state index contributed by atoms with van der Waals surface area (Å²) in [5.41, 5.74) is 1.69. The van der Waals surface area contributed by atoms with Crippen LogP contribution in [0, 0.1) is 6.92 Å². The largest absolute Gasteiger partial charge is 0.467 e. The fourth-order valence-corrected chi connectivity index (χ4v) is 3.30. The maximum atomic E-state index is 12.5. The molecule has 0 amide bonds. The summed E-state index contributed by atoms with van der Waals surface area (Å²) in [6, 6.07) is 4.65. The van der Waals surface area contributed by atoms with Crippen LogP contribution < -0.4 is 14.8 Å². The third-order valence-electron chi connectivity index (χ3n) is 4.58. The highest BCUT2D eigenvalue weighted by molar-refractivity contribution is 5.70. The molecule has 158 valence electrons. The number of halogens is 2. The fraction of sp³-hybridized carbons (Fsp3) is 0.526. The highest BCUT2D eigenvalue weighted by Gasteiger charge is 2.20. The SMILES string of the molecule is COCOc1cc(OC(F)F)ccc1-c1nnc(N[C@@H]2CCCN(C)C2)nc1C. The molecule has 1 saturated heterocycles. The second-order valence-corrected chi connectivity index (χ2v) is 6.90. The molecule has 1 aliphatic heterocycles. The lowest BCUT2D eigenvalue weighted by atomic mass is 10.1. The van der Waals surface area contributed by atoms with Gasteiger partial charge in [-0.1, -0.05) is 0 Å². The first kappa shape index (κ1) is 21.1. The van der Waals surface area contributed by atoms with Gasteiger partial charge in [0.05, 0.1) is 5.69 Å². The summed E-state index contributed by atoms with van der Waals surface area (Å²) in [6.45, 7) is 0.838. The summed E-state index contributed by atoms with van der Waals surface area (Å²) in [7, 11) is 3.55. The molecule has 1 aromatic heterocycles. The Labute approximate surface area is 168 Å². The van der Waals surface area contributed by atoms with Crippen molar-refractivity contribution < 1.29 is 23.0 Å². The smallest absolute Gasteiger partial charge is 0.387 e.